The van der Waals surface area contributed by atoms with Gasteiger partial charge >= 0.3 is 12.3 Å². The molecule has 7 heteroatoms. The lowest BCUT2D eigenvalue weighted by Crippen LogP contribution is -2.24. The van der Waals surface area contributed by atoms with Gasteiger partial charge in [-0.2, -0.15) is 13.2 Å². The summed E-state index contributed by atoms with van der Waals surface area (Å²) in [6.45, 7) is 4.93. The number of hydrogen-bond donors (Lipinski definition) is 0. The predicted molar refractivity (Wildman–Crippen MR) is 93.3 cm³/mol. The number of ether oxygens (including phenoxy) is 2. The molecule has 0 saturated carbocycles. The van der Waals surface area contributed by atoms with Crippen LogP contribution >= 0.6 is 0 Å². The maximum atomic E-state index is 12.6. The van der Waals surface area contributed by atoms with Crippen LogP contribution in [-0.4, -0.2) is 23.6 Å². The largest absolute Gasteiger partial charge is 0.489 e. The minimum absolute atomic E-state index is 0.107. The second-order valence-corrected chi connectivity index (χ2v) is 6.66. The summed E-state index contributed by atoms with van der Waals surface area (Å²) in [4.78, 5) is 13.3. The zero-order valence-electron chi connectivity index (χ0n) is 15.0. The fourth-order valence-corrected chi connectivity index (χ4v) is 2.94. The van der Waals surface area contributed by atoms with E-state index in [0.29, 0.717) is 24.4 Å². The van der Waals surface area contributed by atoms with Gasteiger partial charge in [0.25, 0.3) is 0 Å². The van der Waals surface area contributed by atoms with Crippen molar-refractivity contribution in [1.82, 2.24) is 4.90 Å². The lowest BCUT2D eigenvalue weighted by Gasteiger charge is -2.15. The highest BCUT2D eigenvalue weighted by Crippen LogP contribution is 2.29. The Hall–Kier alpha value is -2.70. The van der Waals surface area contributed by atoms with Crippen molar-refractivity contribution in [2.75, 3.05) is 6.54 Å². The summed E-state index contributed by atoms with van der Waals surface area (Å²) < 4.78 is 48.6. The Balaban J connectivity index is 1.60. The molecule has 0 unspecified atom stereocenters. The molecular weight excluding hydrogens is 359 g/mol. The first-order valence-corrected chi connectivity index (χ1v) is 8.56. The molecule has 2 aromatic rings. The van der Waals surface area contributed by atoms with Gasteiger partial charge in [0.1, 0.15) is 18.5 Å². The maximum absolute atomic E-state index is 12.6. The van der Waals surface area contributed by atoms with Crippen molar-refractivity contribution in [3.05, 3.63) is 64.7 Å². The van der Waals surface area contributed by atoms with Crippen LogP contribution in [0.25, 0.3) is 0 Å². The average Bonchev–Trinajstić information content (AvgIpc) is 2.91. The molecule has 1 amide bonds. The van der Waals surface area contributed by atoms with E-state index in [4.69, 9.17) is 9.47 Å². The lowest BCUT2D eigenvalue weighted by molar-refractivity contribution is -0.137. The second kappa shape index (κ2) is 7.50. The van der Waals surface area contributed by atoms with Gasteiger partial charge < -0.3 is 14.4 Å². The fraction of sp³-hybridized carbons (Fsp3) is 0.350. The van der Waals surface area contributed by atoms with Crippen LogP contribution in [0.1, 0.15) is 29.2 Å². The maximum Gasteiger partial charge on any atom is 0.416 e. The SMILES string of the molecule is Cc1cc(CN2C[C@@H](C)OC2=O)ccc1OCc1ccc(C(F)(F)F)cc1. The quantitative estimate of drug-likeness (QED) is 0.739. The van der Waals surface area contributed by atoms with Crippen molar-refractivity contribution in [3.63, 3.8) is 0 Å². The average molecular weight is 379 g/mol. The molecule has 0 bridgehead atoms. The predicted octanol–water partition coefficient (Wildman–Crippen LogP) is 4.93. The van der Waals surface area contributed by atoms with Crippen molar-refractivity contribution in [2.45, 2.75) is 39.3 Å². The molecule has 1 aliphatic heterocycles. The van der Waals surface area contributed by atoms with Crippen LogP contribution in [0.4, 0.5) is 18.0 Å². The summed E-state index contributed by atoms with van der Waals surface area (Å²) in [5.41, 5.74) is 1.82. The molecule has 1 saturated heterocycles. The molecule has 1 heterocycles. The zero-order valence-corrected chi connectivity index (χ0v) is 15.0. The van der Waals surface area contributed by atoms with Crippen LogP contribution in [0.5, 0.6) is 5.75 Å². The van der Waals surface area contributed by atoms with E-state index >= 15 is 0 Å². The number of halogens is 3. The molecule has 2 aromatic carbocycles. The number of hydrogen-bond acceptors (Lipinski definition) is 3. The number of nitrogens with zero attached hydrogens (tertiary/aromatic N) is 1. The van der Waals surface area contributed by atoms with Crippen LogP contribution in [0.15, 0.2) is 42.5 Å². The minimum Gasteiger partial charge on any atom is -0.489 e. The van der Waals surface area contributed by atoms with Crippen LogP contribution < -0.4 is 4.74 Å². The van der Waals surface area contributed by atoms with E-state index in [1.54, 1.807) is 11.0 Å². The summed E-state index contributed by atoms with van der Waals surface area (Å²) in [5.74, 6) is 0.649. The van der Waals surface area contributed by atoms with Gasteiger partial charge in [-0.25, -0.2) is 4.79 Å². The topological polar surface area (TPSA) is 38.8 Å². The molecule has 1 aliphatic rings. The van der Waals surface area contributed by atoms with Gasteiger partial charge in [0.2, 0.25) is 0 Å². The minimum atomic E-state index is -4.34. The van der Waals surface area contributed by atoms with Crippen molar-refractivity contribution < 1.29 is 27.4 Å². The third-order valence-electron chi connectivity index (χ3n) is 4.33. The van der Waals surface area contributed by atoms with E-state index in [9.17, 15) is 18.0 Å². The van der Waals surface area contributed by atoms with E-state index in [2.05, 4.69) is 0 Å². The second-order valence-electron chi connectivity index (χ2n) is 6.66. The number of rotatable bonds is 5. The molecule has 0 spiro atoms. The van der Waals surface area contributed by atoms with Gasteiger partial charge in [-0.15, -0.1) is 0 Å². The Labute approximate surface area is 155 Å². The number of carbonyl (C=O) groups excluding carboxylic acids is 1. The van der Waals surface area contributed by atoms with Gasteiger partial charge in [-0.3, -0.25) is 0 Å². The third kappa shape index (κ3) is 4.72. The monoisotopic (exact) mass is 379 g/mol. The molecule has 144 valence electrons. The Morgan fingerprint density at radius 1 is 1.15 bits per heavy atom. The number of amides is 1. The molecule has 0 N–H and O–H groups in total. The highest BCUT2D eigenvalue weighted by Gasteiger charge is 2.30. The fourth-order valence-electron chi connectivity index (χ4n) is 2.94. The van der Waals surface area contributed by atoms with E-state index in [1.165, 1.54) is 12.1 Å². The summed E-state index contributed by atoms with van der Waals surface area (Å²) >= 11 is 0. The van der Waals surface area contributed by atoms with E-state index in [-0.39, 0.29) is 18.8 Å². The first-order chi connectivity index (χ1) is 12.7. The van der Waals surface area contributed by atoms with Gasteiger partial charge in [0.05, 0.1) is 12.1 Å². The summed E-state index contributed by atoms with van der Waals surface area (Å²) in [6, 6.07) is 10.5. The van der Waals surface area contributed by atoms with E-state index < -0.39 is 11.7 Å². The highest BCUT2D eigenvalue weighted by atomic mass is 19.4. The Morgan fingerprint density at radius 3 is 2.37 bits per heavy atom. The Morgan fingerprint density at radius 2 is 1.81 bits per heavy atom. The molecule has 27 heavy (non-hydrogen) atoms. The number of benzene rings is 2. The van der Waals surface area contributed by atoms with Crippen molar-refractivity contribution in [2.24, 2.45) is 0 Å². The van der Waals surface area contributed by atoms with E-state index in [1.807, 2.05) is 26.0 Å². The molecule has 4 nitrogen and oxygen atoms in total. The van der Waals surface area contributed by atoms with Gasteiger partial charge in [-0.05, 0) is 48.7 Å². The summed E-state index contributed by atoms with van der Waals surface area (Å²) in [7, 11) is 0. The Bertz CT molecular complexity index is 818. The number of alkyl halides is 3. The van der Waals surface area contributed by atoms with Crippen LogP contribution in [0.3, 0.4) is 0 Å². The molecule has 0 aromatic heterocycles. The van der Waals surface area contributed by atoms with Crippen LogP contribution in [0, 0.1) is 6.92 Å². The molecule has 1 fully saturated rings. The lowest BCUT2D eigenvalue weighted by atomic mass is 10.1. The van der Waals surface area contributed by atoms with Crippen LogP contribution in [-0.2, 0) is 24.1 Å². The smallest absolute Gasteiger partial charge is 0.416 e. The van der Waals surface area contributed by atoms with Crippen molar-refractivity contribution >= 4 is 6.09 Å². The summed E-state index contributed by atoms with van der Waals surface area (Å²) in [5, 5.41) is 0. The van der Waals surface area contributed by atoms with E-state index in [0.717, 1.165) is 23.3 Å². The third-order valence-corrected chi connectivity index (χ3v) is 4.33. The molecule has 0 radical (unpaired) electrons. The first kappa shape index (κ1) is 19.1. The van der Waals surface area contributed by atoms with Gasteiger partial charge in [0, 0.05) is 6.54 Å². The highest BCUT2D eigenvalue weighted by molar-refractivity contribution is 5.69. The first-order valence-electron chi connectivity index (χ1n) is 8.56. The molecular formula is C20H20F3NO3. The normalized spacial score (nSPS) is 17.1. The number of carbonyl (C=O) groups is 1. The number of aryl methyl sites for hydroxylation is 1. The zero-order chi connectivity index (χ0) is 19.6. The van der Waals surface area contributed by atoms with Crippen molar-refractivity contribution in [1.29, 1.82) is 0 Å². The summed E-state index contributed by atoms with van der Waals surface area (Å²) in [6.07, 6.45) is -4.77. The van der Waals surface area contributed by atoms with Gasteiger partial charge in [0.15, 0.2) is 0 Å². The molecule has 3 rings (SSSR count). The number of cyclic esters (lactones) is 1. The molecule has 0 aliphatic carbocycles. The van der Waals surface area contributed by atoms with Crippen molar-refractivity contribution in [3.8, 4) is 5.75 Å². The standard InChI is InChI=1S/C20H20F3NO3/c1-13-9-16(11-24-10-14(2)27-19(24)25)5-8-18(13)26-12-15-3-6-17(7-4-15)20(21,22)23/h3-9,14H,10-12H2,1-2H3/t14-/m1/s1. The van der Waals surface area contributed by atoms with Crippen LogP contribution in [0.2, 0.25) is 0 Å². The Kier molecular flexibility index (Phi) is 5.30. The molecule has 1 atom stereocenters. The van der Waals surface area contributed by atoms with Gasteiger partial charge in [-0.1, -0.05) is 24.3 Å².